The summed E-state index contributed by atoms with van der Waals surface area (Å²) < 4.78 is 0. The van der Waals surface area contributed by atoms with Gasteiger partial charge >= 0.3 is 0 Å². The van der Waals surface area contributed by atoms with Gasteiger partial charge in [0, 0.05) is 11.2 Å². The van der Waals surface area contributed by atoms with Crippen LogP contribution in [-0.4, -0.2) is 4.98 Å². The molecule has 0 saturated heterocycles. The largest absolute Gasteiger partial charge is 0.271 e. The third-order valence-corrected chi connectivity index (χ3v) is 3.40. The average molecular weight is 276 g/mol. The van der Waals surface area contributed by atoms with E-state index in [-0.39, 0.29) is 6.04 Å². The van der Waals surface area contributed by atoms with Crippen LogP contribution in [0, 0.1) is 0 Å². The molecule has 1 unspecified atom stereocenters. The van der Waals surface area contributed by atoms with Crippen LogP contribution in [0.5, 0.6) is 0 Å². The van der Waals surface area contributed by atoms with Crippen LogP contribution in [0.25, 0.3) is 0 Å². The molecule has 0 bridgehead atoms. The number of nitrogens with one attached hydrogen (secondary N) is 1. The molecule has 1 atom stereocenters. The van der Waals surface area contributed by atoms with E-state index in [2.05, 4.69) is 23.4 Å². The fourth-order valence-corrected chi connectivity index (χ4v) is 2.41. The van der Waals surface area contributed by atoms with Crippen LogP contribution < -0.4 is 11.3 Å². The Morgan fingerprint density at radius 1 is 1.32 bits per heavy atom. The second-order valence-corrected chi connectivity index (χ2v) is 4.89. The van der Waals surface area contributed by atoms with Crippen LogP contribution in [0.4, 0.5) is 0 Å². The first-order chi connectivity index (χ1) is 9.24. The Hall–Kier alpha value is -1.42. The molecule has 19 heavy (non-hydrogen) atoms. The predicted octanol–water partition coefficient (Wildman–Crippen LogP) is 3.04. The number of nitrogens with two attached hydrogens (primary N) is 1. The molecule has 2 rings (SSSR count). The topological polar surface area (TPSA) is 50.9 Å². The minimum Gasteiger partial charge on any atom is -0.271 e. The highest BCUT2D eigenvalue weighted by molar-refractivity contribution is 6.30. The summed E-state index contributed by atoms with van der Waals surface area (Å²) in [4.78, 5) is 4.46. The van der Waals surface area contributed by atoms with Crippen LogP contribution in [0.2, 0.25) is 5.02 Å². The molecule has 1 heterocycles. The lowest BCUT2D eigenvalue weighted by molar-refractivity contribution is 0.533. The van der Waals surface area contributed by atoms with E-state index in [4.69, 9.17) is 17.4 Å². The molecule has 0 aliphatic rings. The Morgan fingerprint density at radius 2 is 2.16 bits per heavy atom. The Morgan fingerprint density at radius 3 is 2.84 bits per heavy atom. The zero-order valence-corrected chi connectivity index (χ0v) is 11.7. The number of aromatic nitrogens is 1. The minimum atomic E-state index is -0.00498. The fraction of sp³-hybridized carbons (Fsp3) is 0.267. The maximum atomic E-state index is 6.01. The van der Waals surface area contributed by atoms with Crippen molar-refractivity contribution in [3.05, 3.63) is 64.4 Å². The monoisotopic (exact) mass is 275 g/mol. The molecule has 100 valence electrons. The van der Waals surface area contributed by atoms with Crippen LogP contribution in [-0.2, 0) is 12.8 Å². The third-order valence-electron chi connectivity index (χ3n) is 3.17. The Balaban J connectivity index is 2.25. The van der Waals surface area contributed by atoms with E-state index in [0.29, 0.717) is 0 Å². The van der Waals surface area contributed by atoms with Crippen LogP contribution >= 0.6 is 11.6 Å². The van der Waals surface area contributed by atoms with E-state index in [1.54, 1.807) is 6.20 Å². The summed E-state index contributed by atoms with van der Waals surface area (Å²) in [5.74, 6) is 5.69. The maximum absolute atomic E-state index is 6.01. The van der Waals surface area contributed by atoms with Gasteiger partial charge in [-0.05, 0) is 42.2 Å². The van der Waals surface area contributed by atoms with E-state index in [9.17, 15) is 0 Å². The molecule has 0 fully saturated rings. The summed E-state index contributed by atoms with van der Waals surface area (Å²) in [6.45, 7) is 2.12. The van der Waals surface area contributed by atoms with Gasteiger partial charge in [0.15, 0.2) is 0 Å². The molecule has 3 nitrogen and oxygen atoms in total. The van der Waals surface area contributed by atoms with Crippen LogP contribution in [0.15, 0.2) is 42.6 Å². The predicted molar refractivity (Wildman–Crippen MR) is 78.8 cm³/mol. The van der Waals surface area contributed by atoms with Crippen molar-refractivity contribution in [2.24, 2.45) is 5.84 Å². The summed E-state index contributed by atoms with van der Waals surface area (Å²) in [6, 6.07) is 11.9. The summed E-state index contributed by atoms with van der Waals surface area (Å²) in [5.41, 5.74) is 6.22. The zero-order valence-electron chi connectivity index (χ0n) is 10.9. The van der Waals surface area contributed by atoms with Gasteiger partial charge in [-0.3, -0.25) is 16.3 Å². The summed E-state index contributed by atoms with van der Waals surface area (Å²) in [5, 5.41) is 0.741. The standard InChI is InChI=1S/C15H18ClN3/c1-2-12-6-4-8-18-15(12)14(19-17)10-11-5-3-7-13(16)9-11/h3-9,14,19H,2,10,17H2,1H3. The lowest BCUT2D eigenvalue weighted by Crippen LogP contribution is -2.31. The second-order valence-electron chi connectivity index (χ2n) is 4.45. The van der Waals surface area contributed by atoms with Gasteiger partial charge < -0.3 is 0 Å². The van der Waals surface area contributed by atoms with Crippen molar-refractivity contribution in [2.45, 2.75) is 25.8 Å². The Bertz CT molecular complexity index is 542. The quantitative estimate of drug-likeness (QED) is 0.651. The number of pyridine rings is 1. The number of hydrogen-bond acceptors (Lipinski definition) is 3. The normalized spacial score (nSPS) is 12.4. The molecular weight excluding hydrogens is 258 g/mol. The molecule has 2 aromatic rings. The summed E-state index contributed by atoms with van der Waals surface area (Å²) in [7, 11) is 0. The molecule has 0 saturated carbocycles. The number of hydrogen-bond donors (Lipinski definition) is 2. The number of nitrogens with zero attached hydrogens (tertiary/aromatic N) is 1. The van der Waals surface area contributed by atoms with Crippen molar-refractivity contribution in [3.8, 4) is 0 Å². The first-order valence-electron chi connectivity index (χ1n) is 6.39. The molecule has 3 N–H and O–H groups in total. The molecule has 4 heteroatoms. The minimum absolute atomic E-state index is 0.00498. The fourth-order valence-electron chi connectivity index (χ4n) is 2.20. The van der Waals surface area contributed by atoms with Gasteiger partial charge in [0.25, 0.3) is 0 Å². The highest BCUT2D eigenvalue weighted by Gasteiger charge is 2.15. The smallest absolute Gasteiger partial charge is 0.0675 e. The first kappa shape index (κ1) is 14.0. The molecule has 0 amide bonds. The average Bonchev–Trinajstić information content (AvgIpc) is 2.45. The van der Waals surface area contributed by atoms with Crippen molar-refractivity contribution < 1.29 is 0 Å². The van der Waals surface area contributed by atoms with Gasteiger partial charge in [0.05, 0.1) is 11.7 Å². The molecule has 0 aliphatic heterocycles. The SMILES string of the molecule is CCc1cccnc1C(Cc1cccc(Cl)c1)NN. The van der Waals surface area contributed by atoms with E-state index in [1.807, 2.05) is 30.3 Å². The molecule has 0 spiro atoms. The van der Waals surface area contributed by atoms with Crippen molar-refractivity contribution in [1.82, 2.24) is 10.4 Å². The van der Waals surface area contributed by atoms with E-state index < -0.39 is 0 Å². The van der Waals surface area contributed by atoms with Crippen molar-refractivity contribution in [2.75, 3.05) is 0 Å². The number of hydrazine groups is 1. The van der Waals surface area contributed by atoms with Crippen LogP contribution in [0.3, 0.4) is 0 Å². The zero-order chi connectivity index (χ0) is 13.7. The van der Waals surface area contributed by atoms with Gasteiger partial charge in [-0.2, -0.15) is 0 Å². The van der Waals surface area contributed by atoms with Gasteiger partial charge in [-0.15, -0.1) is 0 Å². The highest BCUT2D eigenvalue weighted by Crippen LogP contribution is 2.21. The molecule has 1 aromatic heterocycles. The molecule has 1 aromatic carbocycles. The maximum Gasteiger partial charge on any atom is 0.0675 e. The van der Waals surface area contributed by atoms with Crippen LogP contribution in [0.1, 0.15) is 29.8 Å². The first-order valence-corrected chi connectivity index (χ1v) is 6.76. The van der Waals surface area contributed by atoms with E-state index >= 15 is 0 Å². The van der Waals surface area contributed by atoms with Crippen molar-refractivity contribution in [1.29, 1.82) is 0 Å². The van der Waals surface area contributed by atoms with E-state index in [1.165, 1.54) is 5.56 Å². The van der Waals surface area contributed by atoms with Gasteiger partial charge in [0.1, 0.15) is 0 Å². The number of halogens is 1. The van der Waals surface area contributed by atoms with Crippen molar-refractivity contribution in [3.63, 3.8) is 0 Å². The Kier molecular flexibility index (Phi) is 4.91. The lowest BCUT2D eigenvalue weighted by atomic mass is 9.99. The summed E-state index contributed by atoms with van der Waals surface area (Å²) in [6.07, 6.45) is 3.51. The third kappa shape index (κ3) is 3.53. The lowest BCUT2D eigenvalue weighted by Gasteiger charge is -2.18. The van der Waals surface area contributed by atoms with Crippen molar-refractivity contribution >= 4 is 11.6 Å². The van der Waals surface area contributed by atoms with Gasteiger partial charge in [-0.25, -0.2) is 0 Å². The number of aryl methyl sites for hydroxylation is 1. The highest BCUT2D eigenvalue weighted by atomic mass is 35.5. The van der Waals surface area contributed by atoms with Gasteiger partial charge in [-0.1, -0.05) is 36.7 Å². The Labute approximate surface area is 118 Å². The molecule has 0 radical (unpaired) electrons. The molecular formula is C15H18ClN3. The van der Waals surface area contributed by atoms with E-state index in [0.717, 1.165) is 29.1 Å². The number of benzene rings is 1. The van der Waals surface area contributed by atoms with Gasteiger partial charge in [0.2, 0.25) is 0 Å². The second kappa shape index (κ2) is 6.66. The number of rotatable bonds is 5. The summed E-state index contributed by atoms with van der Waals surface area (Å²) >= 11 is 6.01. The molecule has 0 aliphatic carbocycles.